The predicted molar refractivity (Wildman–Crippen MR) is 47.8 cm³/mol. The van der Waals surface area contributed by atoms with Crippen LogP contribution >= 0.6 is 0 Å². The van der Waals surface area contributed by atoms with E-state index in [-0.39, 0.29) is 12.0 Å². The third-order valence-corrected chi connectivity index (χ3v) is 1.82. The Morgan fingerprint density at radius 1 is 1.08 bits per heavy atom. The van der Waals surface area contributed by atoms with Gasteiger partial charge in [0, 0.05) is 0 Å². The first-order chi connectivity index (χ1) is 5.37. The molecule has 0 saturated heterocycles. The molecule has 0 aromatic carbocycles. The fraction of sp³-hybridized carbons (Fsp3) is 1.00. The van der Waals surface area contributed by atoms with Gasteiger partial charge < -0.3 is 15.3 Å². The molecule has 0 aromatic rings. The maximum atomic E-state index is 9.27. The van der Waals surface area contributed by atoms with Gasteiger partial charge in [-0.25, -0.2) is 0 Å². The first-order valence-corrected chi connectivity index (χ1v) is 4.34. The average Bonchev–Trinajstić information content (AvgIpc) is 1.97. The quantitative estimate of drug-likeness (QED) is 0.585. The lowest BCUT2D eigenvalue weighted by molar-refractivity contribution is -0.0218. The van der Waals surface area contributed by atoms with E-state index in [2.05, 4.69) is 20.8 Å². The van der Waals surface area contributed by atoms with Crippen LogP contribution < -0.4 is 0 Å². The standard InChI is InChI=1S/C9H20O3/c1-9(2,3)5-4-7(11)8(12)6-10/h7-8,10-12H,4-6H2,1-3H3/t7-,8+/m1/s1. The fourth-order valence-electron chi connectivity index (χ4n) is 0.895. The highest BCUT2D eigenvalue weighted by atomic mass is 16.4. The Balaban J connectivity index is 3.64. The van der Waals surface area contributed by atoms with Crippen molar-refractivity contribution in [3.63, 3.8) is 0 Å². The molecule has 0 fully saturated rings. The van der Waals surface area contributed by atoms with Crippen molar-refractivity contribution in [2.24, 2.45) is 5.41 Å². The van der Waals surface area contributed by atoms with Gasteiger partial charge >= 0.3 is 0 Å². The van der Waals surface area contributed by atoms with Crippen LogP contribution in [0.5, 0.6) is 0 Å². The second-order valence-electron chi connectivity index (χ2n) is 4.42. The van der Waals surface area contributed by atoms with Gasteiger partial charge in [0.25, 0.3) is 0 Å². The van der Waals surface area contributed by atoms with Crippen LogP contribution in [0.3, 0.4) is 0 Å². The zero-order chi connectivity index (χ0) is 9.78. The molecule has 0 radical (unpaired) electrons. The highest BCUT2D eigenvalue weighted by Crippen LogP contribution is 2.22. The van der Waals surface area contributed by atoms with Gasteiger partial charge in [0.1, 0.15) is 6.10 Å². The zero-order valence-electron chi connectivity index (χ0n) is 8.12. The minimum Gasteiger partial charge on any atom is -0.394 e. The Morgan fingerprint density at radius 3 is 1.92 bits per heavy atom. The van der Waals surface area contributed by atoms with Crippen LogP contribution in [0.15, 0.2) is 0 Å². The average molecular weight is 176 g/mol. The summed E-state index contributed by atoms with van der Waals surface area (Å²) < 4.78 is 0. The van der Waals surface area contributed by atoms with Crippen LogP contribution in [-0.4, -0.2) is 34.1 Å². The Bertz CT molecular complexity index is 117. The Hall–Kier alpha value is -0.120. The van der Waals surface area contributed by atoms with Gasteiger partial charge in [0.05, 0.1) is 12.7 Å². The van der Waals surface area contributed by atoms with Gasteiger partial charge in [-0.2, -0.15) is 0 Å². The molecule has 12 heavy (non-hydrogen) atoms. The molecule has 0 unspecified atom stereocenters. The minimum absolute atomic E-state index is 0.163. The minimum atomic E-state index is -0.993. The molecule has 0 amide bonds. The molecule has 0 aromatic heterocycles. The second kappa shape index (κ2) is 4.80. The molecule has 3 N–H and O–H groups in total. The van der Waals surface area contributed by atoms with Crippen molar-refractivity contribution in [1.82, 2.24) is 0 Å². The second-order valence-corrected chi connectivity index (χ2v) is 4.42. The molecule has 0 aliphatic heterocycles. The number of aliphatic hydroxyl groups excluding tert-OH is 3. The molecular formula is C9H20O3. The Morgan fingerprint density at radius 2 is 1.58 bits per heavy atom. The van der Waals surface area contributed by atoms with Gasteiger partial charge in [0.15, 0.2) is 0 Å². The summed E-state index contributed by atoms with van der Waals surface area (Å²) in [5.74, 6) is 0. The molecule has 0 aliphatic rings. The SMILES string of the molecule is CC(C)(C)CC[C@@H](O)[C@@H](O)CO. The molecule has 0 heterocycles. The molecule has 0 aliphatic carbocycles. The van der Waals surface area contributed by atoms with Crippen molar-refractivity contribution >= 4 is 0 Å². The van der Waals surface area contributed by atoms with Gasteiger partial charge in [-0.3, -0.25) is 0 Å². The smallest absolute Gasteiger partial charge is 0.103 e. The highest BCUT2D eigenvalue weighted by molar-refractivity contribution is 4.70. The van der Waals surface area contributed by atoms with Crippen molar-refractivity contribution in [2.75, 3.05) is 6.61 Å². The van der Waals surface area contributed by atoms with Crippen molar-refractivity contribution in [3.05, 3.63) is 0 Å². The van der Waals surface area contributed by atoms with E-state index in [4.69, 9.17) is 10.2 Å². The molecular weight excluding hydrogens is 156 g/mol. The summed E-state index contributed by atoms with van der Waals surface area (Å²) in [5.41, 5.74) is 0.163. The maximum Gasteiger partial charge on any atom is 0.103 e. The maximum absolute atomic E-state index is 9.27. The van der Waals surface area contributed by atoms with Crippen LogP contribution in [0.2, 0.25) is 0 Å². The number of rotatable bonds is 4. The Labute approximate surface area is 74.0 Å². The molecule has 2 atom stereocenters. The predicted octanol–water partition coefficient (Wildman–Crippen LogP) is 0.527. The summed E-state index contributed by atoms with van der Waals surface area (Å²) in [6.07, 6.45) is -0.419. The lowest BCUT2D eigenvalue weighted by Crippen LogP contribution is -2.30. The molecule has 3 heteroatoms. The largest absolute Gasteiger partial charge is 0.394 e. The molecule has 74 valence electrons. The van der Waals surface area contributed by atoms with Crippen molar-refractivity contribution in [1.29, 1.82) is 0 Å². The van der Waals surface area contributed by atoms with Crippen LogP contribution in [-0.2, 0) is 0 Å². The number of hydrogen-bond acceptors (Lipinski definition) is 3. The van der Waals surface area contributed by atoms with E-state index < -0.39 is 12.2 Å². The molecule has 0 bridgehead atoms. The third-order valence-electron chi connectivity index (χ3n) is 1.82. The van der Waals surface area contributed by atoms with E-state index in [0.717, 1.165) is 6.42 Å². The van der Waals surface area contributed by atoms with E-state index in [1.165, 1.54) is 0 Å². The lowest BCUT2D eigenvalue weighted by atomic mass is 9.88. The zero-order valence-corrected chi connectivity index (χ0v) is 8.12. The first-order valence-electron chi connectivity index (χ1n) is 4.34. The van der Waals surface area contributed by atoms with Gasteiger partial charge in [-0.05, 0) is 18.3 Å². The van der Waals surface area contributed by atoms with Crippen LogP contribution in [0.25, 0.3) is 0 Å². The van der Waals surface area contributed by atoms with Crippen molar-refractivity contribution in [2.45, 2.75) is 45.8 Å². The summed E-state index contributed by atoms with van der Waals surface area (Å²) in [6, 6.07) is 0. The Kier molecular flexibility index (Phi) is 4.75. The normalized spacial score (nSPS) is 17.5. The summed E-state index contributed by atoms with van der Waals surface area (Å²) in [4.78, 5) is 0. The molecule has 0 spiro atoms. The monoisotopic (exact) mass is 176 g/mol. The van der Waals surface area contributed by atoms with Crippen molar-refractivity contribution < 1.29 is 15.3 Å². The van der Waals surface area contributed by atoms with Crippen LogP contribution in [0.1, 0.15) is 33.6 Å². The van der Waals surface area contributed by atoms with Crippen LogP contribution in [0.4, 0.5) is 0 Å². The molecule has 0 rings (SSSR count). The van der Waals surface area contributed by atoms with Crippen LogP contribution in [0, 0.1) is 5.41 Å². The van der Waals surface area contributed by atoms with Gasteiger partial charge in [-0.15, -0.1) is 0 Å². The van der Waals surface area contributed by atoms with Gasteiger partial charge in [-0.1, -0.05) is 20.8 Å². The highest BCUT2D eigenvalue weighted by Gasteiger charge is 2.18. The van der Waals surface area contributed by atoms with E-state index >= 15 is 0 Å². The summed E-state index contributed by atoms with van der Waals surface area (Å²) in [6.45, 7) is 5.85. The topological polar surface area (TPSA) is 60.7 Å². The number of aliphatic hydroxyl groups is 3. The fourth-order valence-corrected chi connectivity index (χ4v) is 0.895. The van der Waals surface area contributed by atoms with E-state index in [0.29, 0.717) is 6.42 Å². The molecule has 0 saturated carbocycles. The summed E-state index contributed by atoms with van der Waals surface area (Å²) in [7, 11) is 0. The van der Waals surface area contributed by atoms with Gasteiger partial charge in [0.2, 0.25) is 0 Å². The van der Waals surface area contributed by atoms with E-state index in [1.807, 2.05) is 0 Å². The van der Waals surface area contributed by atoms with Crippen molar-refractivity contribution in [3.8, 4) is 0 Å². The van der Waals surface area contributed by atoms with E-state index in [9.17, 15) is 5.11 Å². The first kappa shape index (κ1) is 11.9. The number of hydrogen-bond donors (Lipinski definition) is 3. The van der Waals surface area contributed by atoms with E-state index in [1.54, 1.807) is 0 Å². The lowest BCUT2D eigenvalue weighted by Gasteiger charge is -2.22. The molecule has 3 nitrogen and oxygen atoms in total. The third kappa shape index (κ3) is 5.52. The summed E-state index contributed by atoms with van der Waals surface area (Å²) in [5, 5.41) is 26.8. The summed E-state index contributed by atoms with van der Waals surface area (Å²) >= 11 is 0.